The molecule has 0 bridgehead atoms. The molecule has 66 valence electrons. The van der Waals surface area contributed by atoms with Crippen molar-refractivity contribution in [3.05, 3.63) is 43.4 Å². The smallest absolute Gasteiger partial charge is 0.0496 e. The van der Waals surface area contributed by atoms with Crippen molar-refractivity contribution in [2.75, 3.05) is 0 Å². The van der Waals surface area contributed by atoms with Crippen molar-refractivity contribution < 1.29 is 0 Å². The predicted molar refractivity (Wildman–Crippen MR) is 69.4 cm³/mol. The molecule has 0 spiro atoms. The third-order valence-electron chi connectivity index (χ3n) is 1.88. The van der Waals surface area contributed by atoms with E-state index in [0.717, 1.165) is 14.9 Å². The molecule has 0 atom stereocenters. The quantitative estimate of drug-likeness (QED) is 0.584. The lowest BCUT2D eigenvalue weighted by Crippen LogP contribution is -1.79. The molecule has 0 aliphatic rings. The Labute approximate surface area is 104 Å². The van der Waals surface area contributed by atoms with E-state index >= 15 is 0 Å². The van der Waals surface area contributed by atoms with E-state index < -0.39 is 0 Å². The monoisotopic (exact) mass is 366 g/mol. The zero-order chi connectivity index (χ0) is 9.42. The minimum absolute atomic E-state index is 0.794. The van der Waals surface area contributed by atoms with Gasteiger partial charge in [-0.05, 0) is 56.0 Å². The van der Waals surface area contributed by atoms with Crippen LogP contribution in [0.5, 0.6) is 0 Å². The zero-order valence-electron chi connectivity index (χ0n) is 6.52. The van der Waals surface area contributed by atoms with Crippen LogP contribution >= 0.6 is 50.1 Å². The SMILES string of the molecule is Clc1cccc2ccc(I)c(Br)c12. The van der Waals surface area contributed by atoms with Crippen molar-refractivity contribution in [2.24, 2.45) is 0 Å². The Balaban J connectivity index is 2.97. The second kappa shape index (κ2) is 3.75. The minimum atomic E-state index is 0.794. The summed E-state index contributed by atoms with van der Waals surface area (Å²) in [6, 6.07) is 10.1. The van der Waals surface area contributed by atoms with Crippen LogP contribution in [0.4, 0.5) is 0 Å². The highest BCUT2D eigenvalue weighted by Gasteiger charge is 2.05. The summed E-state index contributed by atoms with van der Waals surface area (Å²) in [6.07, 6.45) is 0. The molecule has 0 heterocycles. The third kappa shape index (κ3) is 1.72. The van der Waals surface area contributed by atoms with Crippen LogP contribution in [-0.2, 0) is 0 Å². The molecule has 0 aliphatic carbocycles. The molecule has 13 heavy (non-hydrogen) atoms. The Morgan fingerprint density at radius 3 is 2.69 bits per heavy atom. The average Bonchev–Trinajstić information content (AvgIpc) is 2.12. The van der Waals surface area contributed by atoms with Crippen LogP contribution in [0.3, 0.4) is 0 Å². The summed E-state index contributed by atoms with van der Waals surface area (Å²) in [5, 5.41) is 3.05. The maximum Gasteiger partial charge on any atom is 0.0496 e. The number of fused-ring (bicyclic) bond motifs is 1. The minimum Gasteiger partial charge on any atom is -0.0836 e. The van der Waals surface area contributed by atoms with Gasteiger partial charge >= 0.3 is 0 Å². The molecule has 0 aliphatic heterocycles. The lowest BCUT2D eigenvalue weighted by molar-refractivity contribution is 1.65. The second-order valence-corrected chi connectivity index (χ2v) is 5.06. The van der Waals surface area contributed by atoms with Crippen molar-refractivity contribution >= 4 is 60.9 Å². The van der Waals surface area contributed by atoms with E-state index in [0.29, 0.717) is 0 Å². The summed E-state index contributed by atoms with van der Waals surface area (Å²) in [4.78, 5) is 0. The van der Waals surface area contributed by atoms with Crippen LogP contribution in [0, 0.1) is 3.57 Å². The topological polar surface area (TPSA) is 0 Å². The van der Waals surface area contributed by atoms with Crippen molar-refractivity contribution in [1.29, 1.82) is 0 Å². The van der Waals surface area contributed by atoms with Crippen LogP contribution < -0.4 is 0 Å². The first kappa shape index (κ1) is 9.74. The molecule has 0 nitrogen and oxygen atoms in total. The van der Waals surface area contributed by atoms with Crippen LogP contribution in [0.2, 0.25) is 5.02 Å². The third-order valence-corrected chi connectivity index (χ3v) is 4.66. The molecule has 0 radical (unpaired) electrons. The molecule has 0 saturated carbocycles. The lowest BCUT2D eigenvalue weighted by atomic mass is 10.1. The highest BCUT2D eigenvalue weighted by Crippen LogP contribution is 2.33. The summed E-state index contributed by atoms with van der Waals surface area (Å²) in [5.74, 6) is 0. The molecule has 0 N–H and O–H groups in total. The Morgan fingerprint density at radius 1 is 1.15 bits per heavy atom. The standard InChI is InChI=1S/C10H5BrClI/c11-10-8(13)5-4-6-2-1-3-7(12)9(6)10/h1-5H. The first-order valence-electron chi connectivity index (χ1n) is 3.72. The molecule has 0 fully saturated rings. The van der Waals surface area contributed by atoms with Gasteiger partial charge in [0.2, 0.25) is 0 Å². The predicted octanol–water partition coefficient (Wildman–Crippen LogP) is 4.86. The largest absolute Gasteiger partial charge is 0.0836 e. The van der Waals surface area contributed by atoms with Gasteiger partial charge in [0.25, 0.3) is 0 Å². The Hall–Kier alpha value is 0.200. The fourth-order valence-electron chi connectivity index (χ4n) is 1.27. The molecule has 2 aromatic rings. The van der Waals surface area contributed by atoms with Crippen molar-refractivity contribution in [1.82, 2.24) is 0 Å². The van der Waals surface area contributed by atoms with E-state index in [1.165, 1.54) is 8.96 Å². The maximum atomic E-state index is 6.10. The van der Waals surface area contributed by atoms with Crippen LogP contribution in [0.15, 0.2) is 34.8 Å². The van der Waals surface area contributed by atoms with E-state index in [4.69, 9.17) is 11.6 Å². The summed E-state index contributed by atoms with van der Waals surface area (Å²) in [5.41, 5.74) is 0. The van der Waals surface area contributed by atoms with Gasteiger partial charge in [0, 0.05) is 18.5 Å². The summed E-state index contributed by atoms with van der Waals surface area (Å²) in [6.45, 7) is 0. The van der Waals surface area contributed by atoms with E-state index in [1.807, 2.05) is 12.1 Å². The maximum absolute atomic E-state index is 6.10. The summed E-state index contributed by atoms with van der Waals surface area (Å²) >= 11 is 11.9. The van der Waals surface area contributed by atoms with Crippen LogP contribution in [0.25, 0.3) is 10.8 Å². The second-order valence-electron chi connectivity index (χ2n) is 2.70. The fraction of sp³-hybridized carbons (Fsp3) is 0. The molecule has 0 saturated heterocycles. The van der Waals surface area contributed by atoms with E-state index in [1.54, 1.807) is 0 Å². The number of hydrogen-bond donors (Lipinski definition) is 0. The van der Waals surface area contributed by atoms with Gasteiger partial charge < -0.3 is 0 Å². The van der Waals surface area contributed by atoms with Crippen molar-refractivity contribution in [3.8, 4) is 0 Å². The number of halogens is 3. The first-order valence-corrected chi connectivity index (χ1v) is 5.97. The van der Waals surface area contributed by atoms with Gasteiger partial charge in [-0.15, -0.1) is 0 Å². The Morgan fingerprint density at radius 2 is 1.92 bits per heavy atom. The van der Waals surface area contributed by atoms with Gasteiger partial charge in [-0.1, -0.05) is 29.8 Å². The fourth-order valence-corrected chi connectivity index (χ4v) is 2.68. The number of rotatable bonds is 0. The Bertz CT molecular complexity index is 468. The number of hydrogen-bond acceptors (Lipinski definition) is 0. The van der Waals surface area contributed by atoms with E-state index in [2.05, 4.69) is 56.7 Å². The molecule has 2 rings (SSSR count). The van der Waals surface area contributed by atoms with Crippen LogP contribution in [0.1, 0.15) is 0 Å². The highest BCUT2D eigenvalue weighted by atomic mass is 127. The van der Waals surface area contributed by atoms with Gasteiger partial charge in [-0.25, -0.2) is 0 Å². The van der Waals surface area contributed by atoms with E-state index in [-0.39, 0.29) is 0 Å². The van der Waals surface area contributed by atoms with E-state index in [9.17, 15) is 0 Å². The molecule has 2 aromatic carbocycles. The van der Waals surface area contributed by atoms with Gasteiger partial charge in [0.1, 0.15) is 0 Å². The lowest BCUT2D eigenvalue weighted by Gasteiger charge is -2.04. The normalized spacial score (nSPS) is 10.7. The molecular formula is C10H5BrClI. The molecule has 3 heteroatoms. The molecule has 0 aromatic heterocycles. The first-order chi connectivity index (χ1) is 6.20. The van der Waals surface area contributed by atoms with Crippen LogP contribution in [-0.4, -0.2) is 0 Å². The molecular weight excluding hydrogens is 362 g/mol. The van der Waals surface area contributed by atoms with Crippen molar-refractivity contribution in [2.45, 2.75) is 0 Å². The average molecular weight is 367 g/mol. The van der Waals surface area contributed by atoms with Gasteiger partial charge in [0.15, 0.2) is 0 Å². The summed E-state index contributed by atoms with van der Waals surface area (Å²) in [7, 11) is 0. The highest BCUT2D eigenvalue weighted by molar-refractivity contribution is 14.1. The molecule has 0 amide bonds. The van der Waals surface area contributed by atoms with Gasteiger partial charge in [-0.2, -0.15) is 0 Å². The molecule has 0 unspecified atom stereocenters. The van der Waals surface area contributed by atoms with Crippen molar-refractivity contribution in [3.63, 3.8) is 0 Å². The van der Waals surface area contributed by atoms with Gasteiger partial charge in [0.05, 0.1) is 0 Å². The van der Waals surface area contributed by atoms with Gasteiger partial charge in [-0.3, -0.25) is 0 Å². The Kier molecular flexibility index (Phi) is 2.81. The summed E-state index contributed by atoms with van der Waals surface area (Å²) < 4.78 is 2.26. The number of benzene rings is 2. The zero-order valence-corrected chi connectivity index (χ0v) is 11.0.